The summed E-state index contributed by atoms with van der Waals surface area (Å²) < 4.78 is 26.1. The number of amides is 1. The first-order chi connectivity index (χ1) is 10.1. The molecule has 1 aromatic carbocycles. The predicted molar refractivity (Wildman–Crippen MR) is 73.3 cm³/mol. The topological polar surface area (TPSA) is 54.4 Å². The van der Waals surface area contributed by atoms with Crippen molar-refractivity contribution in [1.82, 2.24) is 10.3 Å². The summed E-state index contributed by atoms with van der Waals surface area (Å²) in [5, 5.41) is 2.51. The first kappa shape index (κ1) is 13.1. The van der Waals surface area contributed by atoms with Gasteiger partial charge in [-0.05, 0) is 36.4 Å². The van der Waals surface area contributed by atoms with Crippen LogP contribution in [0.3, 0.4) is 0 Å². The molecule has 0 atom stereocenters. The van der Waals surface area contributed by atoms with E-state index in [1.54, 1.807) is 24.4 Å². The molecule has 0 unspecified atom stereocenters. The summed E-state index contributed by atoms with van der Waals surface area (Å²) in [5.41, 5.74) is 1.04. The van der Waals surface area contributed by atoms with Gasteiger partial charge >= 0.3 is 0 Å². The normalized spacial score (nSPS) is 16.0. The van der Waals surface area contributed by atoms with E-state index >= 15 is 0 Å². The molecule has 6 heteroatoms. The first-order valence-corrected chi connectivity index (χ1v) is 6.12. The number of rotatable bonds is 2. The average Bonchev–Trinajstić information content (AvgIpc) is 2.84. The minimum atomic E-state index is -0.994. The van der Waals surface area contributed by atoms with Gasteiger partial charge in [0.2, 0.25) is 0 Å². The van der Waals surface area contributed by atoms with E-state index in [9.17, 15) is 13.6 Å². The van der Waals surface area contributed by atoms with Gasteiger partial charge in [0, 0.05) is 11.8 Å². The van der Waals surface area contributed by atoms with Crippen molar-refractivity contribution < 1.29 is 13.6 Å². The van der Waals surface area contributed by atoms with E-state index in [2.05, 4.69) is 15.3 Å². The lowest BCUT2D eigenvalue weighted by Crippen LogP contribution is -2.24. The number of carbonyl (C=O) groups is 1. The number of amidine groups is 1. The van der Waals surface area contributed by atoms with Crippen molar-refractivity contribution in [2.24, 2.45) is 4.99 Å². The molecule has 104 valence electrons. The first-order valence-electron chi connectivity index (χ1n) is 6.12. The van der Waals surface area contributed by atoms with Crippen LogP contribution in [0.1, 0.15) is 11.3 Å². The minimum Gasteiger partial charge on any atom is -0.305 e. The van der Waals surface area contributed by atoms with Crippen LogP contribution in [0.5, 0.6) is 0 Å². The Labute approximate surface area is 118 Å². The van der Waals surface area contributed by atoms with E-state index in [1.807, 2.05) is 0 Å². The molecule has 1 aliphatic heterocycles. The summed E-state index contributed by atoms with van der Waals surface area (Å²) in [6.07, 6.45) is 3.11. The van der Waals surface area contributed by atoms with Crippen LogP contribution in [0.2, 0.25) is 0 Å². The molecule has 0 fully saturated rings. The van der Waals surface area contributed by atoms with Crippen LogP contribution in [0, 0.1) is 11.6 Å². The summed E-state index contributed by atoms with van der Waals surface area (Å²) in [5.74, 6) is -2.18. The van der Waals surface area contributed by atoms with Crippen LogP contribution in [0.4, 0.5) is 8.78 Å². The van der Waals surface area contributed by atoms with Gasteiger partial charge in [0.15, 0.2) is 11.6 Å². The van der Waals surface area contributed by atoms with Crippen LogP contribution in [-0.4, -0.2) is 16.7 Å². The highest BCUT2D eigenvalue weighted by molar-refractivity contribution is 6.19. The molecule has 2 aromatic rings. The standard InChI is InChI=1S/C15H9F2N3O/c16-11-5-4-9(7-12(11)17)14-19-13(15(21)20-14)8-10-3-1-2-6-18-10/h1-8H,(H,19,20,21)/b13-8+. The van der Waals surface area contributed by atoms with Gasteiger partial charge in [-0.15, -0.1) is 0 Å². The van der Waals surface area contributed by atoms with E-state index < -0.39 is 17.5 Å². The van der Waals surface area contributed by atoms with Gasteiger partial charge in [-0.1, -0.05) is 6.07 Å². The molecule has 0 saturated carbocycles. The van der Waals surface area contributed by atoms with E-state index in [1.165, 1.54) is 12.1 Å². The number of nitrogens with one attached hydrogen (secondary N) is 1. The fourth-order valence-electron chi connectivity index (χ4n) is 1.85. The molecule has 4 nitrogen and oxygen atoms in total. The van der Waals surface area contributed by atoms with Crippen LogP contribution in [0.15, 0.2) is 53.3 Å². The van der Waals surface area contributed by atoms with E-state index in [-0.39, 0.29) is 11.5 Å². The van der Waals surface area contributed by atoms with E-state index in [0.717, 1.165) is 12.1 Å². The van der Waals surface area contributed by atoms with Gasteiger partial charge in [0.1, 0.15) is 11.5 Å². The largest absolute Gasteiger partial charge is 0.305 e. The molecule has 0 aliphatic carbocycles. The van der Waals surface area contributed by atoms with Gasteiger partial charge in [0.05, 0.1) is 5.69 Å². The minimum absolute atomic E-state index is 0.161. The van der Waals surface area contributed by atoms with Gasteiger partial charge in [0.25, 0.3) is 5.91 Å². The Morgan fingerprint density at radius 1 is 1.10 bits per heavy atom. The van der Waals surface area contributed by atoms with E-state index in [4.69, 9.17) is 0 Å². The molecular weight excluding hydrogens is 276 g/mol. The summed E-state index contributed by atoms with van der Waals surface area (Å²) >= 11 is 0. The maximum absolute atomic E-state index is 13.2. The third kappa shape index (κ3) is 2.69. The molecular formula is C15H9F2N3O. The number of carbonyl (C=O) groups excluding carboxylic acids is 1. The smallest absolute Gasteiger partial charge is 0.275 e. The number of pyridine rings is 1. The number of hydrogen-bond acceptors (Lipinski definition) is 3. The molecule has 3 rings (SSSR count). The SMILES string of the molecule is O=C1NC(c2ccc(F)c(F)c2)=N/C1=C/c1ccccn1. The summed E-state index contributed by atoms with van der Waals surface area (Å²) in [4.78, 5) is 20.0. The van der Waals surface area contributed by atoms with Crippen molar-refractivity contribution >= 4 is 17.8 Å². The molecule has 1 amide bonds. The lowest BCUT2D eigenvalue weighted by Gasteiger charge is -2.00. The van der Waals surface area contributed by atoms with Crippen LogP contribution in [0.25, 0.3) is 6.08 Å². The monoisotopic (exact) mass is 285 g/mol. The average molecular weight is 285 g/mol. The van der Waals surface area contributed by atoms with Gasteiger partial charge < -0.3 is 5.32 Å². The van der Waals surface area contributed by atoms with Gasteiger partial charge in [-0.3, -0.25) is 9.78 Å². The zero-order valence-electron chi connectivity index (χ0n) is 10.7. The summed E-state index contributed by atoms with van der Waals surface area (Å²) in [7, 11) is 0. The quantitative estimate of drug-likeness (QED) is 0.861. The van der Waals surface area contributed by atoms with Gasteiger partial charge in [-0.25, -0.2) is 13.8 Å². The Morgan fingerprint density at radius 2 is 1.95 bits per heavy atom. The number of benzene rings is 1. The van der Waals surface area contributed by atoms with Crippen molar-refractivity contribution in [3.8, 4) is 0 Å². The molecule has 0 spiro atoms. The number of halogens is 2. The highest BCUT2D eigenvalue weighted by Gasteiger charge is 2.22. The second-order valence-corrected chi connectivity index (χ2v) is 4.33. The predicted octanol–water partition coefficient (Wildman–Crippen LogP) is 2.28. The van der Waals surface area contributed by atoms with Gasteiger partial charge in [-0.2, -0.15) is 0 Å². The van der Waals surface area contributed by atoms with Crippen LogP contribution < -0.4 is 5.32 Å². The Hall–Kier alpha value is -2.89. The van der Waals surface area contributed by atoms with Crippen molar-refractivity contribution in [3.05, 3.63) is 71.2 Å². The molecule has 0 bridgehead atoms. The highest BCUT2D eigenvalue weighted by atomic mass is 19.2. The number of aromatic nitrogens is 1. The summed E-state index contributed by atoms with van der Waals surface area (Å²) in [6, 6.07) is 8.59. The Bertz CT molecular complexity index is 770. The number of aliphatic imine (C=N–C) groups is 1. The fraction of sp³-hybridized carbons (Fsp3) is 0. The van der Waals surface area contributed by atoms with Crippen molar-refractivity contribution in [2.75, 3.05) is 0 Å². The fourth-order valence-corrected chi connectivity index (χ4v) is 1.85. The maximum Gasteiger partial charge on any atom is 0.275 e. The lowest BCUT2D eigenvalue weighted by atomic mass is 10.2. The third-order valence-corrected chi connectivity index (χ3v) is 2.86. The van der Waals surface area contributed by atoms with Crippen molar-refractivity contribution in [2.45, 2.75) is 0 Å². The second kappa shape index (κ2) is 5.24. The molecule has 21 heavy (non-hydrogen) atoms. The number of nitrogens with zero attached hydrogens (tertiary/aromatic N) is 2. The van der Waals surface area contributed by atoms with Crippen molar-refractivity contribution in [1.29, 1.82) is 0 Å². The molecule has 1 N–H and O–H groups in total. The summed E-state index contributed by atoms with van der Waals surface area (Å²) in [6.45, 7) is 0. The zero-order chi connectivity index (χ0) is 14.8. The second-order valence-electron chi connectivity index (χ2n) is 4.33. The van der Waals surface area contributed by atoms with Crippen LogP contribution in [-0.2, 0) is 4.79 Å². The molecule has 0 saturated heterocycles. The third-order valence-electron chi connectivity index (χ3n) is 2.86. The number of hydrogen-bond donors (Lipinski definition) is 1. The molecule has 1 aromatic heterocycles. The molecule has 0 radical (unpaired) electrons. The van der Waals surface area contributed by atoms with Crippen molar-refractivity contribution in [3.63, 3.8) is 0 Å². The lowest BCUT2D eigenvalue weighted by molar-refractivity contribution is -0.115. The van der Waals surface area contributed by atoms with E-state index in [0.29, 0.717) is 11.3 Å². The zero-order valence-corrected chi connectivity index (χ0v) is 10.7. The Kier molecular flexibility index (Phi) is 3.27. The maximum atomic E-state index is 13.2. The highest BCUT2D eigenvalue weighted by Crippen LogP contribution is 2.15. The van der Waals surface area contributed by atoms with Crippen LogP contribution >= 0.6 is 0 Å². The molecule has 2 heterocycles. The Morgan fingerprint density at radius 3 is 2.67 bits per heavy atom. The molecule has 1 aliphatic rings. The Balaban J connectivity index is 1.95.